The fraction of sp³-hybridized carbons (Fsp3) is 0.500. The third-order valence-corrected chi connectivity index (χ3v) is 6.06. The first-order valence-corrected chi connectivity index (χ1v) is 12.1. The Hall–Kier alpha value is -3.44. The lowest BCUT2D eigenvalue weighted by Crippen LogP contribution is -2.04. The van der Waals surface area contributed by atoms with E-state index in [1.54, 1.807) is 0 Å². The molecule has 0 aromatic carbocycles. The number of aliphatic hydroxyl groups is 1. The molecule has 4 aromatic heterocycles. The second-order valence-electron chi connectivity index (χ2n) is 9.10. The molecule has 11 nitrogen and oxygen atoms in total. The molecule has 0 atom stereocenters. The first kappa shape index (κ1) is 23.3. The summed E-state index contributed by atoms with van der Waals surface area (Å²) in [7, 11) is 0. The molecule has 4 aromatic rings. The molecule has 0 spiro atoms. The SMILES string of the molecule is CC(C)n1nc(-c2noc(C3CC3)c2-c2ncc(CCOCCCCO)cn2)c2c(N)ncnc21. The van der Waals surface area contributed by atoms with Crippen LogP contribution in [0.2, 0.25) is 0 Å². The highest BCUT2D eigenvalue weighted by Crippen LogP contribution is 2.47. The van der Waals surface area contributed by atoms with Crippen molar-refractivity contribution in [2.24, 2.45) is 0 Å². The van der Waals surface area contributed by atoms with E-state index in [0.717, 1.165) is 42.6 Å². The Morgan fingerprint density at radius 3 is 2.63 bits per heavy atom. The van der Waals surface area contributed by atoms with Crippen molar-refractivity contribution in [2.75, 3.05) is 25.6 Å². The molecule has 1 fully saturated rings. The lowest BCUT2D eigenvalue weighted by Gasteiger charge is -2.06. The van der Waals surface area contributed by atoms with E-state index >= 15 is 0 Å². The molecule has 1 aliphatic rings. The Balaban J connectivity index is 1.48. The quantitative estimate of drug-likeness (QED) is 0.307. The van der Waals surface area contributed by atoms with Crippen LogP contribution in [0.3, 0.4) is 0 Å². The maximum Gasteiger partial charge on any atom is 0.165 e. The van der Waals surface area contributed by atoms with E-state index in [9.17, 15) is 0 Å². The summed E-state index contributed by atoms with van der Waals surface area (Å²) in [5, 5.41) is 18.7. The van der Waals surface area contributed by atoms with Gasteiger partial charge in [0.15, 0.2) is 17.2 Å². The summed E-state index contributed by atoms with van der Waals surface area (Å²) in [5.41, 5.74) is 9.77. The van der Waals surface area contributed by atoms with Gasteiger partial charge < -0.3 is 20.1 Å². The monoisotopic (exact) mass is 478 g/mol. The fourth-order valence-electron chi connectivity index (χ4n) is 4.05. The predicted octanol–water partition coefficient (Wildman–Crippen LogP) is 3.31. The average Bonchev–Trinajstić information content (AvgIpc) is 3.48. The number of hydrogen-bond acceptors (Lipinski definition) is 10. The molecule has 0 amide bonds. The molecule has 0 bridgehead atoms. The van der Waals surface area contributed by atoms with Gasteiger partial charge in [-0.05, 0) is 51.5 Å². The van der Waals surface area contributed by atoms with Gasteiger partial charge in [-0.25, -0.2) is 24.6 Å². The zero-order valence-electron chi connectivity index (χ0n) is 20.0. The number of nitrogens with zero attached hydrogens (tertiary/aromatic N) is 7. The molecule has 11 heteroatoms. The van der Waals surface area contributed by atoms with E-state index in [1.165, 1.54) is 6.33 Å². The average molecular weight is 479 g/mol. The van der Waals surface area contributed by atoms with Crippen molar-refractivity contribution in [2.45, 2.75) is 57.9 Å². The van der Waals surface area contributed by atoms with Gasteiger partial charge in [-0.3, -0.25) is 0 Å². The van der Waals surface area contributed by atoms with E-state index in [0.29, 0.717) is 59.6 Å². The predicted molar refractivity (Wildman–Crippen MR) is 129 cm³/mol. The Labute approximate surface area is 202 Å². The standard InChI is InChI=1S/C24H30N8O3/c1-14(2)32-24-18(22(25)28-13-29-24)19(30-32)20-17(21(35-31-20)16-5-6-16)23-26-11-15(12-27-23)7-10-34-9-4-3-8-33/h11-14,16,33H,3-10H2,1-2H3,(H2,25,28,29). The summed E-state index contributed by atoms with van der Waals surface area (Å²) in [6.07, 6.45) is 9.47. The van der Waals surface area contributed by atoms with Crippen LogP contribution in [0.25, 0.3) is 33.8 Å². The molecule has 5 rings (SSSR count). The molecule has 184 valence electrons. The second-order valence-corrected chi connectivity index (χ2v) is 9.10. The van der Waals surface area contributed by atoms with Crippen molar-refractivity contribution >= 4 is 16.9 Å². The lowest BCUT2D eigenvalue weighted by molar-refractivity contribution is 0.128. The molecule has 1 aliphatic carbocycles. The van der Waals surface area contributed by atoms with Crippen LogP contribution < -0.4 is 5.73 Å². The van der Waals surface area contributed by atoms with Crippen molar-refractivity contribution in [1.82, 2.24) is 34.9 Å². The van der Waals surface area contributed by atoms with Gasteiger partial charge in [-0.1, -0.05) is 5.16 Å². The lowest BCUT2D eigenvalue weighted by atomic mass is 10.1. The molecule has 0 radical (unpaired) electrons. The number of anilines is 1. The first-order valence-electron chi connectivity index (χ1n) is 12.1. The summed E-state index contributed by atoms with van der Waals surface area (Å²) < 4.78 is 13.3. The number of aromatic nitrogens is 7. The van der Waals surface area contributed by atoms with Gasteiger partial charge in [-0.15, -0.1) is 0 Å². The number of unbranched alkanes of at least 4 members (excludes halogenated alkanes) is 1. The van der Waals surface area contributed by atoms with Crippen molar-refractivity contribution < 1.29 is 14.4 Å². The minimum atomic E-state index is 0.0696. The van der Waals surface area contributed by atoms with E-state index in [1.807, 2.05) is 30.9 Å². The highest BCUT2D eigenvalue weighted by atomic mass is 16.5. The molecule has 3 N–H and O–H groups in total. The molecule has 35 heavy (non-hydrogen) atoms. The normalized spacial score (nSPS) is 13.8. The van der Waals surface area contributed by atoms with E-state index in [-0.39, 0.29) is 12.6 Å². The Morgan fingerprint density at radius 1 is 1.11 bits per heavy atom. The van der Waals surface area contributed by atoms with Crippen molar-refractivity contribution in [3.05, 3.63) is 30.0 Å². The minimum Gasteiger partial charge on any atom is -0.396 e. The highest BCUT2D eigenvalue weighted by Gasteiger charge is 2.36. The third-order valence-electron chi connectivity index (χ3n) is 6.06. The van der Waals surface area contributed by atoms with Gasteiger partial charge in [0.25, 0.3) is 0 Å². The zero-order chi connectivity index (χ0) is 24.4. The number of nitrogens with two attached hydrogens (primary N) is 1. The van der Waals surface area contributed by atoms with Crippen LogP contribution >= 0.6 is 0 Å². The van der Waals surface area contributed by atoms with Gasteiger partial charge in [0.1, 0.15) is 23.5 Å². The summed E-state index contributed by atoms with van der Waals surface area (Å²) >= 11 is 0. The van der Waals surface area contributed by atoms with Crippen LogP contribution in [0.1, 0.15) is 62.8 Å². The number of hydrogen-bond donors (Lipinski definition) is 2. The van der Waals surface area contributed by atoms with Gasteiger partial charge in [0, 0.05) is 37.6 Å². The number of fused-ring (bicyclic) bond motifs is 1. The van der Waals surface area contributed by atoms with Crippen LogP contribution in [0.5, 0.6) is 0 Å². The smallest absolute Gasteiger partial charge is 0.165 e. The van der Waals surface area contributed by atoms with E-state index in [4.69, 9.17) is 25.2 Å². The Morgan fingerprint density at radius 2 is 1.91 bits per heavy atom. The Bertz CT molecular complexity index is 1290. The molecule has 0 saturated heterocycles. The van der Waals surface area contributed by atoms with Gasteiger partial charge in [-0.2, -0.15) is 5.10 Å². The zero-order valence-corrected chi connectivity index (χ0v) is 20.0. The Kier molecular flexibility index (Phi) is 6.69. The summed E-state index contributed by atoms with van der Waals surface area (Å²) in [4.78, 5) is 17.9. The van der Waals surface area contributed by atoms with Crippen LogP contribution in [-0.4, -0.2) is 59.8 Å². The molecule has 0 aliphatic heterocycles. The maximum atomic E-state index is 8.85. The van der Waals surface area contributed by atoms with E-state index < -0.39 is 0 Å². The van der Waals surface area contributed by atoms with Gasteiger partial charge in [0.2, 0.25) is 0 Å². The van der Waals surface area contributed by atoms with Crippen LogP contribution in [0.4, 0.5) is 5.82 Å². The number of rotatable bonds is 11. The molecule has 0 unspecified atom stereocenters. The summed E-state index contributed by atoms with van der Waals surface area (Å²) in [5.74, 6) is 1.96. The van der Waals surface area contributed by atoms with Gasteiger partial charge in [0.05, 0.1) is 17.6 Å². The minimum absolute atomic E-state index is 0.0696. The number of ether oxygens (including phenoxy) is 1. The highest BCUT2D eigenvalue weighted by molar-refractivity contribution is 6.00. The second kappa shape index (κ2) is 10.0. The molecule has 1 saturated carbocycles. The summed E-state index contributed by atoms with van der Waals surface area (Å²) in [6, 6.07) is 0.0696. The van der Waals surface area contributed by atoms with E-state index in [2.05, 4.69) is 25.1 Å². The molecule has 4 heterocycles. The number of nitrogen functional groups attached to an aromatic ring is 1. The first-order chi connectivity index (χ1) is 17.1. The van der Waals surface area contributed by atoms with Gasteiger partial charge >= 0.3 is 0 Å². The van der Waals surface area contributed by atoms with Crippen molar-refractivity contribution in [1.29, 1.82) is 0 Å². The van der Waals surface area contributed by atoms with Crippen LogP contribution in [0.15, 0.2) is 23.2 Å². The maximum absolute atomic E-state index is 8.85. The summed E-state index contributed by atoms with van der Waals surface area (Å²) in [6.45, 7) is 5.48. The largest absolute Gasteiger partial charge is 0.396 e. The molecular formula is C24H30N8O3. The van der Waals surface area contributed by atoms with Crippen LogP contribution in [0, 0.1) is 0 Å². The third kappa shape index (κ3) is 4.73. The molecular weight excluding hydrogens is 448 g/mol. The fourth-order valence-corrected chi connectivity index (χ4v) is 4.05. The topological polar surface area (TPSA) is 151 Å². The van der Waals surface area contributed by atoms with Crippen molar-refractivity contribution in [3.8, 4) is 22.8 Å². The van der Waals surface area contributed by atoms with Crippen LogP contribution in [-0.2, 0) is 11.2 Å². The van der Waals surface area contributed by atoms with Crippen molar-refractivity contribution in [3.63, 3.8) is 0 Å². The number of aliphatic hydroxyl groups excluding tert-OH is 1.